The maximum atomic E-state index is 12.2. The van der Waals surface area contributed by atoms with Gasteiger partial charge in [-0.05, 0) is 48.9 Å². The monoisotopic (exact) mass is 385 g/mol. The number of nitrogens with zero attached hydrogens (tertiary/aromatic N) is 1. The topological polar surface area (TPSA) is 67.2 Å². The van der Waals surface area contributed by atoms with Crippen molar-refractivity contribution in [3.05, 3.63) is 76.4 Å². The third-order valence-electron chi connectivity index (χ3n) is 3.47. The Morgan fingerprint density at radius 3 is 2.71 bits per heavy atom. The van der Waals surface area contributed by atoms with Gasteiger partial charge in [0.2, 0.25) is 0 Å². The van der Waals surface area contributed by atoms with Gasteiger partial charge in [-0.2, -0.15) is 0 Å². The first kappa shape index (κ1) is 16.3. The van der Waals surface area contributed by atoms with E-state index in [-0.39, 0.29) is 5.91 Å². The molecule has 0 saturated carbocycles. The van der Waals surface area contributed by atoms with E-state index in [1.54, 1.807) is 18.5 Å². The summed E-state index contributed by atoms with van der Waals surface area (Å²) in [6.45, 7) is 2.56. The first-order chi connectivity index (χ1) is 11.6. The molecule has 1 aromatic carbocycles. The van der Waals surface area contributed by atoms with Crippen molar-refractivity contribution in [3.63, 3.8) is 0 Å². The Kier molecular flexibility index (Phi) is 4.96. The molecule has 0 radical (unpaired) electrons. The molecule has 24 heavy (non-hydrogen) atoms. The predicted octanol–water partition coefficient (Wildman–Crippen LogP) is 4.61. The van der Waals surface area contributed by atoms with Crippen LogP contribution in [0, 0.1) is 6.92 Å². The zero-order chi connectivity index (χ0) is 16.9. The third-order valence-corrected chi connectivity index (χ3v) is 4.33. The van der Waals surface area contributed by atoms with E-state index in [9.17, 15) is 4.79 Å². The van der Waals surface area contributed by atoms with Crippen molar-refractivity contribution in [2.24, 2.45) is 0 Å². The lowest BCUT2D eigenvalue weighted by atomic mass is 10.2. The quantitative estimate of drug-likeness (QED) is 0.672. The van der Waals surface area contributed by atoms with Gasteiger partial charge in [-0.3, -0.25) is 4.79 Å². The van der Waals surface area contributed by atoms with Crippen LogP contribution in [0.15, 0.2) is 63.8 Å². The number of benzene rings is 1. The zero-order valence-corrected chi connectivity index (χ0v) is 14.6. The number of aromatic nitrogens is 1. The molecule has 5 nitrogen and oxygen atoms in total. The average molecular weight is 386 g/mol. The molecule has 1 amide bonds. The fourth-order valence-electron chi connectivity index (χ4n) is 2.10. The molecule has 0 aliphatic rings. The number of rotatable bonds is 5. The molecular weight excluding hydrogens is 370 g/mol. The summed E-state index contributed by atoms with van der Waals surface area (Å²) in [6, 6.07) is 12.9. The second-order valence-corrected chi connectivity index (χ2v) is 6.14. The van der Waals surface area contributed by atoms with Crippen LogP contribution in [0.3, 0.4) is 0 Å². The van der Waals surface area contributed by atoms with Crippen molar-refractivity contribution in [1.29, 1.82) is 0 Å². The molecule has 3 aromatic rings. The maximum absolute atomic E-state index is 12.2. The molecule has 0 unspecified atom stereocenters. The van der Waals surface area contributed by atoms with Gasteiger partial charge >= 0.3 is 0 Å². The minimum absolute atomic E-state index is 0.247. The van der Waals surface area contributed by atoms with E-state index in [4.69, 9.17) is 4.42 Å². The van der Waals surface area contributed by atoms with Crippen LogP contribution in [0.2, 0.25) is 0 Å². The van der Waals surface area contributed by atoms with E-state index < -0.39 is 0 Å². The smallest absolute Gasteiger partial charge is 0.274 e. The van der Waals surface area contributed by atoms with Gasteiger partial charge in [0.05, 0.1) is 24.7 Å². The lowest BCUT2D eigenvalue weighted by molar-refractivity contribution is 0.102. The van der Waals surface area contributed by atoms with Crippen molar-refractivity contribution < 1.29 is 9.21 Å². The van der Waals surface area contributed by atoms with Crippen LogP contribution in [0.1, 0.15) is 21.8 Å². The van der Waals surface area contributed by atoms with Gasteiger partial charge in [-0.25, -0.2) is 4.98 Å². The number of hydrogen-bond acceptors (Lipinski definition) is 4. The fourth-order valence-corrected chi connectivity index (χ4v) is 2.48. The van der Waals surface area contributed by atoms with Crippen LogP contribution in [0.4, 0.5) is 11.4 Å². The number of halogens is 1. The van der Waals surface area contributed by atoms with Crippen molar-refractivity contribution in [2.45, 2.75) is 13.5 Å². The highest BCUT2D eigenvalue weighted by Gasteiger charge is 2.08. The van der Waals surface area contributed by atoms with Crippen LogP contribution in [-0.4, -0.2) is 10.9 Å². The summed E-state index contributed by atoms with van der Waals surface area (Å²) in [7, 11) is 0. The third kappa shape index (κ3) is 4.02. The Labute approximate surface area is 148 Å². The Morgan fingerprint density at radius 1 is 1.21 bits per heavy atom. The molecule has 6 heteroatoms. The number of pyridine rings is 1. The van der Waals surface area contributed by atoms with E-state index in [1.165, 1.54) is 0 Å². The van der Waals surface area contributed by atoms with Crippen molar-refractivity contribution >= 4 is 33.2 Å². The number of nitrogens with one attached hydrogen (secondary N) is 2. The highest BCUT2D eigenvalue weighted by Crippen LogP contribution is 2.21. The standard InChI is InChI=1S/C18H16BrN3O2/c1-12-4-5-13(9-16(12)19)22-18(23)17-7-6-14(10-21-17)20-11-15-3-2-8-24-15/h2-10,20H,11H2,1H3,(H,22,23). The summed E-state index contributed by atoms with van der Waals surface area (Å²) in [5.74, 6) is 0.588. The molecule has 2 aromatic heterocycles. The van der Waals surface area contributed by atoms with E-state index in [0.29, 0.717) is 12.2 Å². The lowest BCUT2D eigenvalue weighted by Crippen LogP contribution is -2.13. The number of carbonyl (C=O) groups is 1. The zero-order valence-electron chi connectivity index (χ0n) is 13.0. The van der Waals surface area contributed by atoms with Crippen LogP contribution >= 0.6 is 15.9 Å². The Hall–Kier alpha value is -2.60. The number of amides is 1. The largest absolute Gasteiger partial charge is 0.467 e. The summed E-state index contributed by atoms with van der Waals surface area (Å²) < 4.78 is 6.20. The molecular formula is C18H16BrN3O2. The number of anilines is 2. The van der Waals surface area contributed by atoms with Crippen molar-refractivity contribution in [2.75, 3.05) is 10.6 Å². The van der Waals surface area contributed by atoms with Crippen LogP contribution in [0.25, 0.3) is 0 Å². The molecule has 0 saturated heterocycles. The second kappa shape index (κ2) is 7.31. The van der Waals surface area contributed by atoms with E-state index in [0.717, 1.165) is 27.2 Å². The van der Waals surface area contributed by atoms with Gasteiger partial charge in [-0.15, -0.1) is 0 Å². The summed E-state index contributed by atoms with van der Waals surface area (Å²) in [4.78, 5) is 16.4. The van der Waals surface area contributed by atoms with Gasteiger partial charge in [0.15, 0.2) is 0 Å². The number of hydrogen-bond donors (Lipinski definition) is 2. The molecule has 0 aliphatic carbocycles. The molecule has 2 heterocycles. The Balaban J connectivity index is 1.61. The lowest BCUT2D eigenvalue weighted by Gasteiger charge is -2.08. The molecule has 3 rings (SSSR count). The van der Waals surface area contributed by atoms with Gasteiger partial charge in [0.25, 0.3) is 5.91 Å². The van der Waals surface area contributed by atoms with Gasteiger partial charge in [0, 0.05) is 10.2 Å². The van der Waals surface area contributed by atoms with Crippen LogP contribution < -0.4 is 10.6 Å². The summed E-state index contributed by atoms with van der Waals surface area (Å²) in [6.07, 6.45) is 3.26. The molecule has 0 aliphatic heterocycles. The molecule has 0 atom stereocenters. The minimum Gasteiger partial charge on any atom is -0.467 e. The van der Waals surface area contributed by atoms with Gasteiger partial charge in [-0.1, -0.05) is 22.0 Å². The van der Waals surface area contributed by atoms with E-state index in [1.807, 2.05) is 43.3 Å². The molecule has 122 valence electrons. The molecule has 0 fully saturated rings. The van der Waals surface area contributed by atoms with E-state index in [2.05, 4.69) is 31.5 Å². The van der Waals surface area contributed by atoms with Crippen molar-refractivity contribution in [3.8, 4) is 0 Å². The minimum atomic E-state index is -0.247. The number of carbonyl (C=O) groups excluding carboxylic acids is 1. The summed E-state index contributed by atoms with van der Waals surface area (Å²) in [5, 5.41) is 6.02. The first-order valence-corrected chi connectivity index (χ1v) is 8.21. The van der Waals surface area contributed by atoms with Crippen LogP contribution in [0.5, 0.6) is 0 Å². The highest BCUT2D eigenvalue weighted by atomic mass is 79.9. The first-order valence-electron chi connectivity index (χ1n) is 7.41. The normalized spacial score (nSPS) is 10.4. The fraction of sp³-hybridized carbons (Fsp3) is 0.111. The predicted molar refractivity (Wildman–Crippen MR) is 97.1 cm³/mol. The SMILES string of the molecule is Cc1ccc(NC(=O)c2ccc(NCc3ccco3)cn2)cc1Br. The Morgan fingerprint density at radius 2 is 2.04 bits per heavy atom. The van der Waals surface area contributed by atoms with Crippen molar-refractivity contribution in [1.82, 2.24) is 4.98 Å². The number of furan rings is 1. The number of aryl methyl sites for hydroxylation is 1. The second-order valence-electron chi connectivity index (χ2n) is 5.28. The maximum Gasteiger partial charge on any atom is 0.274 e. The van der Waals surface area contributed by atoms with Crippen LogP contribution in [-0.2, 0) is 6.54 Å². The molecule has 0 spiro atoms. The average Bonchev–Trinajstić information content (AvgIpc) is 3.10. The molecule has 0 bridgehead atoms. The Bertz CT molecular complexity index is 830. The summed E-state index contributed by atoms with van der Waals surface area (Å²) >= 11 is 3.45. The highest BCUT2D eigenvalue weighted by molar-refractivity contribution is 9.10. The van der Waals surface area contributed by atoms with Gasteiger partial charge < -0.3 is 15.1 Å². The van der Waals surface area contributed by atoms with E-state index >= 15 is 0 Å². The van der Waals surface area contributed by atoms with Gasteiger partial charge in [0.1, 0.15) is 11.5 Å². The summed E-state index contributed by atoms with van der Waals surface area (Å²) in [5.41, 5.74) is 3.01. The molecule has 2 N–H and O–H groups in total.